The molecule has 2 heterocycles. The van der Waals surface area contributed by atoms with Gasteiger partial charge < -0.3 is 19.3 Å². The van der Waals surface area contributed by atoms with Crippen molar-refractivity contribution in [2.45, 2.75) is 95.6 Å². The number of para-hydroxylation sites is 1. The summed E-state index contributed by atoms with van der Waals surface area (Å²) >= 11 is 0. The number of methoxy groups -OCH3 is 1. The fourth-order valence-corrected chi connectivity index (χ4v) is 6.77. The molecular formula is C31H44N2O2. The largest absolute Gasteiger partial charge is 0.380 e. The average Bonchev–Trinajstić information content (AvgIpc) is 3.48. The van der Waals surface area contributed by atoms with Crippen molar-refractivity contribution in [3.05, 3.63) is 60.2 Å². The molecule has 6 atom stereocenters. The van der Waals surface area contributed by atoms with Crippen molar-refractivity contribution in [2.24, 2.45) is 5.92 Å². The minimum absolute atomic E-state index is 0.333. The molecule has 2 aliphatic heterocycles. The number of hydrogen-bond donors (Lipinski definition) is 0. The molecule has 0 aromatic heterocycles. The van der Waals surface area contributed by atoms with E-state index in [9.17, 15) is 0 Å². The zero-order valence-electron chi connectivity index (χ0n) is 22.1. The van der Waals surface area contributed by atoms with Crippen LogP contribution in [-0.4, -0.2) is 50.6 Å². The van der Waals surface area contributed by atoms with Crippen molar-refractivity contribution < 1.29 is 9.47 Å². The molecule has 0 N–H and O–H groups in total. The van der Waals surface area contributed by atoms with Crippen molar-refractivity contribution in [1.29, 1.82) is 0 Å². The summed E-state index contributed by atoms with van der Waals surface area (Å²) in [6.07, 6.45) is 8.20. The topological polar surface area (TPSA) is 24.9 Å². The lowest BCUT2D eigenvalue weighted by Crippen LogP contribution is -2.33. The van der Waals surface area contributed by atoms with Crippen LogP contribution in [0.1, 0.15) is 70.8 Å². The Kier molecular flexibility index (Phi) is 7.69. The van der Waals surface area contributed by atoms with Gasteiger partial charge in [-0.25, -0.2) is 0 Å². The van der Waals surface area contributed by atoms with Crippen LogP contribution >= 0.6 is 0 Å². The molecule has 0 spiro atoms. The third-order valence-electron chi connectivity index (χ3n) is 8.74. The maximum atomic E-state index is 6.82. The van der Waals surface area contributed by atoms with Gasteiger partial charge in [-0.1, -0.05) is 50.6 Å². The molecule has 0 bridgehead atoms. The highest BCUT2D eigenvalue weighted by molar-refractivity contribution is 5.50. The number of nitrogens with zero attached hydrogens (tertiary/aromatic N) is 2. The fraction of sp³-hybridized carbons (Fsp3) is 0.613. The van der Waals surface area contributed by atoms with Crippen molar-refractivity contribution in [2.75, 3.05) is 30.0 Å². The van der Waals surface area contributed by atoms with Gasteiger partial charge in [-0.3, -0.25) is 0 Å². The van der Waals surface area contributed by atoms with Gasteiger partial charge in [-0.15, -0.1) is 0 Å². The molecule has 4 nitrogen and oxygen atoms in total. The van der Waals surface area contributed by atoms with Crippen LogP contribution in [0.3, 0.4) is 0 Å². The SMILES string of the molecule is COC1CC(C)N(c2ccc(C3CCCC(OC4CC(C(C)C)N(c5ccccc5)C4)C3)cc2)C1. The van der Waals surface area contributed by atoms with Crippen LogP contribution in [0, 0.1) is 5.92 Å². The Labute approximate surface area is 212 Å². The van der Waals surface area contributed by atoms with Gasteiger partial charge in [-0.2, -0.15) is 0 Å². The Bertz CT molecular complexity index is 931. The van der Waals surface area contributed by atoms with Gasteiger partial charge in [0, 0.05) is 43.7 Å². The molecule has 0 amide bonds. The van der Waals surface area contributed by atoms with Crippen LogP contribution in [0.5, 0.6) is 0 Å². The van der Waals surface area contributed by atoms with E-state index in [4.69, 9.17) is 9.47 Å². The highest BCUT2D eigenvalue weighted by Crippen LogP contribution is 2.38. The maximum Gasteiger partial charge on any atom is 0.0773 e. The molecule has 3 fully saturated rings. The normalized spacial score (nSPS) is 31.5. The lowest BCUT2D eigenvalue weighted by atomic mass is 9.82. The van der Waals surface area contributed by atoms with E-state index in [1.807, 2.05) is 7.11 Å². The number of benzene rings is 2. The monoisotopic (exact) mass is 476 g/mol. The number of anilines is 2. The number of hydrogen-bond acceptors (Lipinski definition) is 4. The lowest BCUT2D eigenvalue weighted by Gasteiger charge is -2.32. The molecule has 2 aromatic rings. The summed E-state index contributed by atoms with van der Waals surface area (Å²) in [7, 11) is 1.83. The first kappa shape index (κ1) is 24.6. The molecule has 3 aliphatic rings. The quantitative estimate of drug-likeness (QED) is 0.447. The van der Waals surface area contributed by atoms with E-state index in [1.54, 1.807) is 0 Å². The predicted octanol–water partition coefficient (Wildman–Crippen LogP) is 6.65. The summed E-state index contributed by atoms with van der Waals surface area (Å²) in [4.78, 5) is 5.08. The molecule has 0 radical (unpaired) electrons. The Morgan fingerprint density at radius 1 is 0.771 bits per heavy atom. The van der Waals surface area contributed by atoms with Crippen molar-refractivity contribution in [1.82, 2.24) is 0 Å². The average molecular weight is 477 g/mol. The molecule has 35 heavy (non-hydrogen) atoms. The number of ether oxygens (including phenoxy) is 2. The third kappa shape index (κ3) is 5.54. The van der Waals surface area contributed by atoms with Gasteiger partial charge in [0.15, 0.2) is 0 Å². The second-order valence-electron chi connectivity index (χ2n) is 11.5. The molecule has 2 aromatic carbocycles. The molecule has 5 rings (SSSR count). The zero-order valence-corrected chi connectivity index (χ0v) is 22.1. The minimum Gasteiger partial charge on any atom is -0.380 e. The van der Waals surface area contributed by atoms with Crippen LogP contribution in [0.4, 0.5) is 11.4 Å². The first-order chi connectivity index (χ1) is 17.0. The van der Waals surface area contributed by atoms with Gasteiger partial charge >= 0.3 is 0 Å². The highest BCUT2D eigenvalue weighted by atomic mass is 16.5. The molecule has 1 saturated carbocycles. The van der Waals surface area contributed by atoms with E-state index in [1.165, 1.54) is 36.2 Å². The van der Waals surface area contributed by atoms with E-state index in [-0.39, 0.29) is 0 Å². The van der Waals surface area contributed by atoms with Crippen molar-refractivity contribution in [3.8, 4) is 0 Å². The first-order valence-electron chi connectivity index (χ1n) is 13.9. The van der Waals surface area contributed by atoms with E-state index in [2.05, 4.69) is 85.2 Å². The second-order valence-corrected chi connectivity index (χ2v) is 11.5. The number of rotatable bonds is 7. The molecular weight excluding hydrogens is 432 g/mol. The van der Waals surface area contributed by atoms with Crippen LogP contribution in [-0.2, 0) is 9.47 Å². The van der Waals surface area contributed by atoms with Gasteiger partial charge in [0.2, 0.25) is 0 Å². The van der Waals surface area contributed by atoms with E-state index >= 15 is 0 Å². The van der Waals surface area contributed by atoms with Crippen molar-refractivity contribution >= 4 is 11.4 Å². The minimum atomic E-state index is 0.333. The molecule has 190 valence electrons. The van der Waals surface area contributed by atoms with Crippen molar-refractivity contribution in [3.63, 3.8) is 0 Å². The van der Waals surface area contributed by atoms with E-state index in [0.29, 0.717) is 42.2 Å². The Morgan fingerprint density at radius 3 is 2.17 bits per heavy atom. The summed E-state index contributed by atoms with van der Waals surface area (Å²) in [5, 5.41) is 0. The summed E-state index contributed by atoms with van der Waals surface area (Å²) < 4.78 is 12.4. The smallest absolute Gasteiger partial charge is 0.0773 e. The predicted molar refractivity (Wildman–Crippen MR) is 146 cm³/mol. The molecule has 2 saturated heterocycles. The lowest BCUT2D eigenvalue weighted by molar-refractivity contribution is -0.0249. The zero-order chi connectivity index (χ0) is 24.4. The third-order valence-corrected chi connectivity index (χ3v) is 8.74. The molecule has 4 heteroatoms. The van der Waals surface area contributed by atoms with Crippen LogP contribution in [0.15, 0.2) is 54.6 Å². The molecule has 6 unspecified atom stereocenters. The first-order valence-corrected chi connectivity index (χ1v) is 13.9. The van der Waals surface area contributed by atoms with E-state index in [0.717, 1.165) is 32.4 Å². The van der Waals surface area contributed by atoms with Crippen LogP contribution in [0.2, 0.25) is 0 Å². The Balaban J connectivity index is 1.20. The standard InChI is InChI=1S/C31H44N2O2/c1-22(2)31-19-30(21-33(31)26-10-6-5-7-11-26)35-28-12-8-9-25(18-28)24-13-15-27(16-14-24)32-20-29(34-4)17-23(32)3/h5-7,10-11,13-16,22-23,25,28-31H,8-9,12,17-21H2,1-4H3. The van der Waals surface area contributed by atoms with Crippen LogP contribution in [0.25, 0.3) is 0 Å². The Morgan fingerprint density at radius 2 is 1.49 bits per heavy atom. The van der Waals surface area contributed by atoms with E-state index < -0.39 is 0 Å². The summed E-state index contributed by atoms with van der Waals surface area (Å²) in [5.74, 6) is 1.23. The maximum absolute atomic E-state index is 6.82. The van der Waals surface area contributed by atoms with Gasteiger partial charge in [0.25, 0.3) is 0 Å². The van der Waals surface area contributed by atoms with Gasteiger partial charge in [0.05, 0.1) is 18.3 Å². The van der Waals surface area contributed by atoms with Gasteiger partial charge in [0.1, 0.15) is 0 Å². The molecule has 1 aliphatic carbocycles. The fourth-order valence-electron chi connectivity index (χ4n) is 6.77. The summed E-state index contributed by atoms with van der Waals surface area (Å²) in [6, 6.07) is 21.4. The van der Waals surface area contributed by atoms with Gasteiger partial charge in [-0.05, 0) is 80.7 Å². The highest BCUT2D eigenvalue weighted by Gasteiger charge is 2.37. The summed E-state index contributed by atoms with van der Waals surface area (Å²) in [6.45, 7) is 9.01. The second kappa shape index (κ2) is 10.9. The van der Waals surface area contributed by atoms with Crippen LogP contribution < -0.4 is 9.80 Å². The Hall–Kier alpha value is -2.04. The summed E-state index contributed by atoms with van der Waals surface area (Å²) in [5.41, 5.74) is 4.15.